The highest BCUT2D eigenvalue weighted by molar-refractivity contribution is 5.92. The predicted molar refractivity (Wildman–Crippen MR) is 93.9 cm³/mol. The number of benzene rings is 1. The standard InChI is InChI=1S/C19H22N2O4/c1-24-19(14-25-15-7-3-2-4-8-15)11-6-12-21(13-19)18(23)16-9-5-10-17(22)20-16/h2-5,7-10H,6,11-14H2,1H3,(H,20,22). The number of hydrogen-bond donors (Lipinski definition) is 1. The van der Waals surface area contributed by atoms with Crippen LogP contribution in [0.4, 0.5) is 0 Å². The van der Waals surface area contributed by atoms with Gasteiger partial charge in [0.15, 0.2) is 0 Å². The molecular weight excluding hydrogens is 320 g/mol. The summed E-state index contributed by atoms with van der Waals surface area (Å²) in [5.41, 5.74) is -0.546. The van der Waals surface area contributed by atoms with Gasteiger partial charge in [-0.3, -0.25) is 9.59 Å². The number of H-pyrrole nitrogens is 1. The van der Waals surface area contributed by atoms with Gasteiger partial charge in [-0.1, -0.05) is 24.3 Å². The normalized spacial score (nSPS) is 20.3. The van der Waals surface area contributed by atoms with Crippen LogP contribution in [0.25, 0.3) is 0 Å². The van der Waals surface area contributed by atoms with Crippen LogP contribution in [0.2, 0.25) is 0 Å². The van der Waals surface area contributed by atoms with Crippen LogP contribution < -0.4 is 10.3 Å². The van der Waals surface area contributed by atoms with Crippen LogP contribution in [-0.2, 0) is 4.74 Å². The van der Waals surface area contributed by atoms with Crippen LogP contribution in [0.5, 0.6) is 5.75 Å². The van der Waals surface area contributed by atoms with Crippen molar-refractivity contribution in [3.8, 4) is 5.75 Å². The number of aromatic amines is 1. The highest BCUT2D eigenvalue weighted by atomic mass is 16.5. The largest absolute Gasteiger partial charge is 0.491 e. The van der Waals surface area contributed by atoms with Gasteiger partial charge in [0.05, 0.1) is 6.54 Å². The maximum absolute atomic E-state index is 12.7. The summed E-state index contributed by atoms with van der Waals surface area (Å²) in [5, 5.41) is 0. The molecule has 2 heterocycles. The SMILES string of the molecule is COC1(COc2ccccc2)CCCN(C(=O)c2cccc(=O)[nH]2)C1. The number of carbonyl (C=O) groups is 1. The van der Waals surface area contributed by atoms with Gasteiger partial charge >= 0.3 is 0 Å². The van der Waals surface area contributed by atoms with Crippen molar-refractivity contribution < 1.29 is 14.3 Å². The molecule has 132 valence electrons. The van der Waals surface area contributed by atoms with E-state index in [1.807, 2.05) is 30.3 Å². The lowest BCUT2D eigenvalue weighted by Gasteiger charge is -2.41. The summed E-state index contributed by atoms with van der Waals surface area (Å²) in [4.78, 5) is 28.4. The maximum atomic E-state index is 12.7. The fraction of sp³-hybridized carbons (Fsp3) is 0.368. The molecular formula is C19H22N2O4. The van der Waals surface area contributed by atoms with Gasteiger partial charge in [0, 0.05) is 19.7 Å². The number of hydrogen-bond acceptors (Lipinski definition) is 4. The summed E-state index contributed by atoms with van der Waals surface area (Å²) in [6.45, 7) is 1.42. The average molecular weight is 342 g/mol. The van der Waals surface area contributed by atoms with Crippen molar-refractivity contribution >= 4 is 5.91 Å². The van der Waals surface area contributed by atoms with Gasteiger partial charge in [0.1, 0.15) is 23.7 Å². The minimum Gasteiger partial charge on any atom is -0.491 e. The van der Waals surface area contributed by atoms with Gasteiger partial charge < -0.3 is 19.4 Å². The zero-order valence-electron chi connectivity index (χ0n) is 14.2. The van der Waals surface area contributed by atoms with Crippen molar-refractivity contribution in [2.75, 3.05) is 26.8 Å². The second-order valence-electron chi connectivity index (χ2n) is 6.25. The first-order valence-corrected chi connectivity index (χ1v) is 8.33. The molecule has 6 nitrogen and oxygen atoms in total. The number of methoxy groups -OCH3 is 1. The number of amides is 1. The van der Waals surface area contributed by atoms with E-state index >= 15 is 0 Å². The number of para-hydroxylation sites is 1. The molecule has 0 aliphatic carbocycles. The van der Waals surface area contributed by atoms with Gasteiger partial charge in [-0.25, -0.2) is 0 Å². The summed E-state index contributed by atoms with van der Waals surface area (Å²) < 4.78 is 11.6. The molecule has 1 saturated heterocycles. The van der Waals surface area contributed by atoms with Crippen molar-refractivity contribution in [2.45, 2.75) is 18.4 Å². The van der Waals surface area contributed by atoms with Crippen LogP contribution in [0.3, 0.4) is 0 Å². The number of carbonyl (C=O) groups excluding carboxylic acids is 1. The van der Waals surface area contributed by atoms with E-state index in [4.69, 9.17) is 9.47 Å². The molecule has 0 radical (unpaired) electrons. The molecule has 0 saturated carbocycles. The number of piperidine rings is 1. The molecule has 1 amide bonds. The number of ether oxygens (including phenoxy) is 2. The molecule has 0 spiro atoms. The molecule has 1 aromatic carbocycles. The minimum atomic E-state index is -0.557. The number of nitrogens with zero attached hydrogens (tertiary/aromatic N) is 1. The Morgan fingerprint density at radius 2 is 2.00 bits per heavy atom. The van der Waals surface area contributed by atoms with E-state index in [-0.39, 0.29) is 11.5 Å². The number of pyridine rings is 1. The fourth-order valence-corrected chi connectivity index (χ4v) is 3.09. The molecule has 6 heteroatoms. The molecule has 1 N–H and O–H groups in total. The van der Waals surface area contributed by atoms with Crippen LogP contribution in [0, 0.1) is 0 Å². The van der Waals surface area contributed by atoms with E-state index in [2.05, 4.69) is 4.98 Å². The Morgan fingerprint density at radius 3 is 2.72 bits per heavy atom. The van der Waals surface area contributed by atoms with E-state index in [1.165, 1.54) is 6.07 Å². The third-order valence-electron chi connectivity index (χ3n) is 4.50. The van der Waals surface area contributed by atoms with Crippen LogP contribution in [-0.4, -0.2) is 48.2 Å². The first kappa shape index (κ1) is 17.2. The van der Waals surface area contributed by atoms with Crippen LogP contribution >= 0.6 is 0 Å². The first-order chi connectivity index (χ1) is 12.1. The quantitative estimate of drug-likeness (QED) is 0.903. The molecule has 1 unspecified atom stereocenters. The highest BCUT2D eigenvalue weighted by Gasteiger charge is 2.38. The van der Waals surface area contributed by atoms with Crippen LogP contribution in [0.15, 0.2) is 53.3 Å². The molecule has 25 heavy (non-hydrogen) atoms. The lowest BCUT2D eigenvalue weighted by Crippen LogP contribution is -2.54. The summed E-state index contributed by atoms with van der Waals surface area (Å²) in [6.07, 6.45) is 1.63. The zero-order chi connectivity index (χ0) is 17.7. The Labute approximate surface area is 146 Å². The number of nitrogens with one attached hydrogen (secondary N) is 1. The average Bonchev–Trinajstić information content (AvgIpc) is 2.67. The monoisotopic (exact) mass is 342 g/mol. The third-order valence-corrected chi connectivity index (χ3v) is 4.50. The van der Waals surface area contributed by atoms with Gasteiger partial charge in [0.25, 0.3) is 5.91 Å². The van der Waals surface area contributed by atoms with Gasteiger partial charge in [-0.2, -0.15) is 0 Å². The minimum absolute atomic E-state index is 0.196. The van der Waals surface area contributed by atoms with E-state index in [0.29, 0.717) is 25.4 Å². The topological polar surface area (TPSA) is 71.6 Å². The van der Waals surface area contributed by atoms with Crippen molar-refractivity contribution in [1.29, 1.82) is 0 Å². The Bertz CT molecular complexity index is 774. The Hall–Kier alpha value is -2.60. The molecule has 2 aromatic rings. The Morgan fingerprint density at radius 1 is 1.20 bits per heavy atom. The first-order valence-electron chi connectivity index (χ1n) is 8.33. The Kier molecular flexibility index (Phi) is 5.19. The summed E-state index contributed by atoms with van der Waals surface area (Å²) in [5.74, 6) is 0.577. The number of aromatic nitrogens is 1. The summed E-state index contributed by atoms with van der Waals surface area (Å²) in [6, 6.07) is 14.1. The fourth-order valence-electron chi connectivity index (χ4n) is 3.09. The predicted octanol–water partition coefficient (Wildman–Crippen LogP) is 2.08. The summed E-state index contributed by atoms with van der Waals surface area (Å²) >= 11 is 0. The molecule has 1 fully saturated rings. The van der Waals surface area contributed by atoms with E-state index in [1.54, 1.807) is 24.1 Å². The molecule has 3 rings (SSSR count). The second kappa shape index (κ2) is 7.53. The lowest BCUT2D eigenvalue weighted by atomic mass is 9.93. The molecule has 1 aliphatic heterocycles. The van der Waals surface area contributed by atoms with Crippen molar-refractivity contribution in [3.63, 3.8) is 0 Å². The summed E-state index contributed by atoms with van der Waals surface area (Å²) in [7, 11) is 1.65. The molecule has 1 atom stereocenters. The lowest BCUT2D eigenvalue weighted by molar-refractivity contribution is -0.0825. The second-order valence-corrected chi connectivity index (χ2v) is 6.25. The van der Waals surface area contributed by atoms with Crippen molar-refractivity contribution in [3.05, 3.63) is 64.6 Å². The molecule has 1 aromatic heterocycles. The van der Waals surface area contributed by atoms with E-state index in [9.17, 15) is 9.59 Å². The van der Waals surface area contributed by atoms with Gasteiger partial charge in [-0.05, 0) is 31.0 Å². The van der Waals surface area contributed by atoms with Gasteiger partial charge in [-0.15, -0.1) is 0 Å². The van der Waals surface area contributed by atoms with Crippen LogP contribution in [0.1, 0.15) is 23.3 Å². The van der Waals surface area contributed by atoms with Gasteiger partial charge in [0.2, 0.25) is 5.56 Å². The number of likely N-dealkylation sites (tertiary alicyclic amines) is 1. The molecule has 0 bridgehead atoms. The third kappa shape index (κ3) is 4.09. The Balaban J connectivity index is 1.71. The van der Waals surface area contributed by atoms with Crippen molar-refractivity contribution in [1.82, 2.24) is 9.88 Å². The number of rotatable bonds is 5. The van der Waals surface area contributed by atoms with Crippen molar-refractivity contribution in [2.24, 2.45) is 0 Å². The van der Waals surface area contributed by atoms with E-state index < -0.39 is 5.60 Å². The zero-order valence-corrected chi connectivity index (χ0v) is 14.2. The van der Waals surface area contributed by atoms with E-state index in [0.717, 1.165) is 18.6 Å². The maximum Gasteiger partial charge on any atom is 0.270 e. The highest BCUT2D eigenvalue weighted by Crippen LogP contribution is 2.26. The smallest absolute Gasteiger partial charge is 0.270 e. The molecule has 1 aliphatic rings.